The minimum atomic E-state index is -4.44. The highest BCUT2D eigenvalue weighted by molar-refractivity contribution is 6.33. The van der Waals surface area contributed by atoms with Crippen LogP contribution in [0.5, 0.6) is 0 Å². The van der Waals surface area contributed by atoms with E-state index in [0.29, 0.717) is 0 Å². The average Bonchev–Trinajstić information content (AvgIpc) is 2.74. The molecular weight excluding hydrogens is 411 g/mol. The van der Waals surface area contributed by atoms with Crippen molar-refractivity contribution in [3.63, 3.8) is 0 Å². The van der Waals surface area contributed by atoms with E-state index in [2.05, 4.69) is 34.5 Å². The van der Waals surface area contributed by atoms with E-state index in [4.69, 9.17) is 11.6 Å². The molecule has 0 unspecified atom stereocenters. The summed E-state index contributed by atoms with van der Waals surface area (Å²) in [6, 6.07) is 21.1. The van der Waals surface area contributed by atoms with E-state index < -0.39 is 11.7 Å². The first-order valence-corrected chi connectivity index (χ1v) is 9.79. The van der Waals surface area contributed by atoms with Crippen molar-refractivity contribution in [2.24, 2.45) is 5.10 Å². The first-order valence-electron chi connectivity index (χ1n) is 9.41. The molecule has 30 heavy (non-hydrogen) atoms. The van der Waals surface area contributed by atoms with Crippen molar-refractivity contribution >= 4 is 29.2 Å². The molecule has 0 saturated carbocycles. The lowest BCUT2D eigenvalue weighted by molar-refractivity contribution is -0.137. The van der Waals surface area contributed by atoms with Crippen molar-refractivity contribution in [3.8, 4) is 0 Å². The average molecular weight is 432 g/mol. The number of hydrogen-bond acceptors (Lipinski definition) is 3. The Morgan fingerprint density at radius 2 is 1.70 bits per heavy atom. The molecule has 0 fully saturated rings. The molecule has 0 aliphatic heterocycles. The molecular formula is C23H21ClF3N3. The molecule has 3 nitrogen and oxygen atoms in total. The number of hydrogen-bond donors (Lipinski definition) is 1. The summed E-state index contributed by atoms with van der Waals surface area (Å²) in [6.45, 7) is 3.76. The fourth-order valence-electron chi connectivity index (χ4n) is 2.92. The quantitative estimate of drug-likeness (QED) is 0.328. The zero-order valence-electron chi connectivity index (χ0n) is 16.3. The third kappa shape index (κ3) is 5.76. The molecule has 0 aliphatic carbocycles. The summed E-state index contributed by atoms with van der Waals surface area (Å²) in [4.78, 5) is 2.25. The van der Waals surface area contributed by atoms with Gasteiger partial charge in [-0.05, 0) is 48.4 Å². The number of halogens is 4. The van der Waals surface area contributed by atoms with Crippen molar-refractivity contribution < 1.29 is 13.2 Å². The number of nitrogens with zero attached hydrogens (tertiary/aromatic N) is 2. The van der Waals surface area contributed by atoms with Gasteiger partial charge in [0.1, 0.15) is 0 Å². The molecule has 0 spiro atoms. The summed E-state index contributed by atoms with van der Waals surface area (Å²) in [6.07, 6.45) is -2.90. The molecule has 0 aromatic heterocycles. The Hall–Kier alpha value is -2.99. The number of hydrazone groups is 1. The van der Waals surface area contributed by atoms with Gasteiger partial charge in [0, 0.05) is 18.8 Å². The molecule has 0 atom stereocenters. The Balaban J connectivity index is 1.66. The van der Waals surface area contributed by atoms with Crippen LogP contribution in [0.2, 0.25) is 5.02 Å². The topological polar surface area (TPSA) is 27.6 Å². The predicted molar refractivity (Wildman–Crippen MR) is 117 cm³/mol. The zero-order chi connectivity index (χ0) is 21.6. The van der Waals surface area contributed by atoms with Crippen molar-refractivity contribution in [1.29, 1.82) is 0 Å². The monoisotopic (exact) mass is 431 g/mol. The van der Waals surface area contributed by atoms with E-state index in [0.717, 1.165) is 36.5 Å². The van der Waals surface area contributed by atoms with Crippen molar-refractivity contribution in [1.82, 2.24) is 0 Å². The Bertz CT molecular complexity index is 987. The largest absolute Gasteiger partial charge is 0.416 e. The summed E-state index contributed by atoms with van der Waals surface area (Å²) in [5.41, 5.74) is 5.01. The fraction of sp³-hybridized carbons (Fsp3) is 0.174. The molecule has 7 heteroatoms. The number of benzene rings is 3. The van der Waals surface area contributed by atoms with Gasteiger partial charge >= 0.3 is 6.18 Å². The van der Waals surface area contributed by atoms with Crippen molar-refractivity contribution in [2.75, 3.05) is 16.9 Å². The molecule has 3 rings (SSSR count). The van der Waals surface area contributed by atoms with Gasteiger partial charge in [-0.25, -0.2) is 0 Å². The number of nitrogens with one attached hydrogen (secondary N) is 1. The van der Waals surface area contributed by atoms with Crippen LogP contribution < -0.4 is 10.3 Å². The van der Waals surface area contributed by atoms with Crippen LogP contribution in [-0.4, -0.2) is 12.8 Å². The van der Waals surface area contributed by atoms with E-state index in [1.54, 1.807) is 0 Å². The van der Waals surface area contributed by atoms with Gasteiger partial charge in [-0.1, -0.05) is 54.1 Å². The molecule has 0 bridgehead atoms. The van der Waals surface area contributed by atoms with Gasteiger partial charge in [0.2, 0.25) is 0 Å². The van der Waals surface area contributed by atoms with Crippen molar-refractivity contribution in [2.45, 2.75) is 19.6 Å². The Kier molecular flexibility index (Phi) is 7.00. The Morgan fingerprint density at radius 3 is 2.33 bits per heavy atom. The van der Waals surface area contributed by atoms with Crippen LogP contribution in [0, 0.1) is 0 Å². The standard InChI is InChI=1S/C23H21ClF3N3/c1-2-30(16-18-6-4-3-5-7-18)20-11-8-17(9-12-20)15-28-29-22-14-19(23(25,26)27)10-13-21(22)24/h3-15,29H,2,16H2,1H3/b28-15+. The molecule has 1 N–H and O–H groups in total. The minimum absolute atomic E-state index is 0.0966. The second-order valence-corrected chi connectivity index (χ2v) is 7.06. The van der Waals surface area contributed by atoms with Gasteiger partial charge in [-0.3, -0.25) is 5.43 Å². The van der Waals surface area contributed by atoms with Gasteiger partial charge < -0.3 is 4.90 Å². The number of alkyl halides is 3. The first-order chi connectivity index (χ1) is 14.4. The van der Waals surface area contributed by atoms with E-state index in [9.17, 15) is 13.2 Å². The normalized spacial score (nSPS) is 11.6. The van der Waals surface area contributed by atoms with E-state index >= 15 is 0 Å². The van der Waals surface area contributed by atoms with E-state index in [1.165, 1.54) is 17.8 Å². The van der Waals surface area contributed by atoms with Gasteiger partial charge in [0.05, 0.1) is 22.5 Å². The van der Waals surface area contributed by atoms with Gasteiger partial charge in [0.25, 0.3) is 0 Å². The smallest absolute Gasteiger partial charge is 0.367 e. The predicted octanol–water partition coefficient (Wildman–Crippen LogP) is 6.83. The lowest BCUT2D eigenvalue weighted by atomic mass is 10.1. The molecule has 0 radical (unpaired) electrons. The van der Waals surface area contributed by atoms with Crippen LogP contribution in [0.15, 0.2) is 77.9 Å². The molecule has 0 heterocycles. The lowest BCUT2D eigenvalue weighted by Gasteiger charge is -2.23. The summed E-state index contributed by atoms with van der Waals surface area (Å²) >= 11 is 5.96. The molecule has 156 valence electrons. The van der Waals surface area contributed by atoms with Crippen LogP contribution in [-0.2, 0) is 12.7 Å². The molecule has 0 aliphatic rings. The fourth-order valence-corrected chi connectivity index (χ4v) is 3.08. The summed E-state index contributed by atoms with van der Waals surface area (Å²) in [7, 11) is 0. The van der Waals surface area contributed by atoms with Crippen LogP contribution in [0.3, 0.4) is 0 Å². The summed E-state index contributed by atoms with van der Waals surface area (Å²) in [5, 5.41) is 4.18. The van der Waals surface area contributed by atoms with Gasteiger partial charge in [-0.15, -0.1) is 0 Å². The van der Waals surface area contributed by atoms with Crippen molar-refractivity contribution in [3.05, 3.63) is 94.5 Å². The van der Waals surface area contributed by atoms with Crippen LogP contribution in [0.25, 0.3) is 0 Å². The van der Waals surface area contributed by atoms with Crippen LogP contribution in [0.1, 0.15) is 23.6 Å². The van der Waals surface area contributed by atoms with Gasteiger partial charge in [0.15, 0.2) is 0 Å². The number of rotatable bonds is 7. The van der Waals surface area contributed by atoms with Crippen LogP contribution >= 0.6 is 11.6 Å². The minimum Gasteiger partial charge on any atom is -0.367 e. The highest BCUT2D eigenvalue weighted by Crippen LogP contribution is 2.33. The second-order valence-electron chi connectivity index (χ2n) is 6.65. The summed E-state index contributed by atoms with van der Waals surface area (Å²) < 4.78 is 38.5. The summed E-state index contributed by atoms with van der Waals surface area (Å²) in [5.74, 6) is 0. The lowest BCUT2D eigenvalue weighted by Crippen LogP contribution is -2.21. The molecule has 0 amide bonds. The maximum atomic E-state index is 12.8. The Labute approximate surface area is 178 Å². The highest BCUT2D eigenvalue weighted by Gasteiger charge is 2.30. The zero-order valence-corrected chi connectivity index (χ0v) is 17.1. The molecule has 3 aromatic carbocycles. The molecule has 3 aromatic rings. The second kappa shape index (κ2) is 9.67. The van der Waals surface area contributed by atoms with Gasteiger partial charge in [-0.2, -0.15) is 18.3 Å². The SMILES string of the molecule is CCN(Cc1ccccc1)c1ccc(/C=N/Nc2cc(C(F)(F)F)ccc2Cl)cc1. The van der Waals surface area contributed by atoms with E-state index in [1.807, 2.05) is 42.5 Å². The van der Waals surface area contributed by atoms with Crippen LogP contribution in [0.4, 0.5) is 24.5 Å². The Morgan fingerprint density at radius 1 is 1.00 bits per heavy atom. The first kappa shape index (κ1) is 21.7. The number of anilines is 2. The maximum Gasteiger partial charge on any atom is 0.416 e. The highest BCUT2D eigenvalue weighted by atomic mass is 35.5. The van der Waals surface area contributed by atoms with E-state index in [-0.39, 0.29) is 10.7 Å². The third-order valence-corrected chi connectivity index (χ3v) is 4.88. The molecule has 0 saturated heterocycles. The third-order valence-electron chi connectivity index (χ3n) is 4.55. The maximum absolute atomic E-state index is 12.8.